The number of hydrogen-bond acceptors (Lipinski definition) is 4. The molecule has 0 unspecified atom stereocenters. The predicted octanol–water partition coefficient (Wildman–Crippen LogP) is 2.86. The molecule has 0 spiro atoms. The third-order valence-corrected chi connectivity index (χ3v) is 2.68. The second-order valence-electron chi connectivity index (χ2n) is 4.01. The van der Waals surface area contributed by atoms with E-state index in [9.17, 15) is 8.78 Å². The van der Waals surface area contributed by atoms with Crippen LogP contribution >= 0.6 is 0 Å². The number of hydrogen-bond donors (Lipinski definition) is 2. The number of amidine groups is 1. The van der Waals surface area contributed by atoms with Crippen LogP contribution in [-0.2, 0) is 0 Å². The molecule has 0 saturated heterocycles. The summed E-state index contributed by atoms with van der Waals surface area (Å²) in [5, 5.41) is 11.2. The topological polar surface area (TPSA) is 77.1 Å². The molecule has 0 radical (unpaired) electrons. The molecule has 0 bridgehead atoms. The first-order chi connectivity index (χ1) is 10.1. The van der Waals surface area contributed by atoms with Crippen LogP contribution in [0.5, 0.6) is 17.2 Å². The fourth-order valence-corrected chi connectivity index (χ4v) is 1.68. The van der Waals surface area contributed by atoms with E-state index in [1.165, 1.54) is 13.2 Å². The molecule has 110 valence electrons. The number of nitrogens with zero attached hydrogens (tertiary/aromatic N) is 1. The van der Waals surface area contributed by atoms with Gasteiger partial charge in [-0.2, -0.15) is 0 Å². The van der Waals surface area contributed by atoms with Crippen molar-refractivity contribution in [2.45, 2.75) is 0 Å². The Bertz CT molecular complexity index is 667. The van der Waals surface area contributed by atoms with Crippen LogP contribution in [0.15, 0.2) is 41.6 Å². The minimum atomic E-state index is -0.984. The van der Waals surface area contributed by atoms with Crippen molar-refractivity contribution in [2.75, 3.05) is 7.11 Å². The van der Waals surface area contributed by atoms with Crippen LogP contribution in [0.2, 0.25) is 0 Å². The van der Waals surface area contributed by atoms with E-state index in [0.717, 1.165) is 12.1 Å². The summed E-state index contributed by atoms with van der Waals surface area (Å²) in [6.45, 7) is 0. The fourth-order valence-electron chi connectivity index (χ4n) is 1.68. The summed E-state index contributed by atoms with van der Waals surface area (Å²) in [5.41, 5.74) is 5.19. The number of para-hydroxylation sites is 2. The van der Waals surface area contributed by atoms with Gasteiger partial charge in [0.2, 0.25) is 0 Å². The van der Waals surface area contributed by atoms with Crippen LogP contribution in [0.4, 0.5) is 8.78 Å². The SMILES string of the molecule is COc1ccccc1Oc1c(F)cc(/C(N)=N/O)cc1F. The Kier molecular flexibility index (Phi) is 4.22. The zero-order valence-electron chi connectivity index (χ0n) is 11.0. The van der Waals surface area contributed by atoms with Gasteiger partial charge in [0.25, 0.3) is 0 Å². The molecule has 21 heavy (non-hydrogen) atoms. The first-order valence-electron chi connectivity index (χ1n) is 5.84. The lowest BCUT2D eigenvalue weighted by Crippen LogP contribution is -2.14. The van der Waals surface area contributed by atoms with Crippen molar-refractivity contribution < 1.29 is 23.5 Å². The maximum Gasteiger partial charge on any atom is 0.198 e. The molecule has 0 heterocycles. The van der Waals surface area contributed by atoms with E-state index in [1.807, 2.05) is 0 Å². The standard InChI is InChI=1S/C14H12F2N2O3/c1-20-11-4-2-3-5-12(11)21-13-9(15)6-8(7-10(13)16)14(17)18-19/h2-7,19H,1H3,(H2,17,18). The van der Waals surface area contributed by atoms with Gasteiger partial charge in [-0.25, -0.2) is 8.78 Å². The van der Waals surface area contributed by atoms with E-state index in [1.54, 1.807) is 18.2 Å². The van der Waals surface area contributed by atoms with Crippen molar-refractivity contribution in [3.05, 3.63) is 53.6 Å². The van der Waals surface area contributed by atoms with Crippen molar-refractivity contribution in [1.82, 2.24) is 0 Å². The maximum absolute atomic E-state index is 13.9. The molecule has 0 aliphatic heterocycles. The van der Waals surface area contributed by atoms with Gasteiger partial charge in [0.05, 0.1) is 7.11 Å². The molecule has 0 aliphatic rings. The van der Waals surface area contributed by atoms with Crippen LogP contribution in [0.25, 0.3) is 0 Å². The van der Waals surface area contributed by atoms with Gasteiger partial charge >= 0.3 is 0 Å². The second-order valence-corrected chi connectivity index (χ2v) is 4.01. The highest BCUT2D eigenvalue weighted by Crippen LogP contribution is 2.34. The molecule has 0 amide bonds. The quantitative estimate of drug-likeness (QED) is 0.393. The molecule has 0 atom stereocenters. The molecule has 5 nitrogen and oxygen atoms in total. The molecule has 2 aromatic carbocycles. The Balaban J connectivity index is 2.41. The van der Waals surface area contributed by atoms with E-state index in [-0.39, 0.29) is 11.3 Å². The van der Waals surface area contributed by atoms with E-state index >= 15 is 0 Å². The highest BCUT2D eigenvalue weighted by atomic mass is 19.1. The molecule has 0 fully saturated rings. The highest BCUT2D eigenvalue weighted by molar-refractivity contribution is 5.97. The number of methoxy groups -OCH3 is 1. The Morgan fingerprint density at radius 1 is 1.14 bits per heavy atom. The monoisotopic (exact) mass is 294 g/mol. The van der Waals surface area contributed by atoms with E-state index < -0.39 is 23.2 Å². The van der Waals surface area contributed by atoms with Gasteiger partial charge in [0.1, 0.15) is 0 Å². The zero-order chi connectivity index (χ0) is 15.4. The van der Waals surface area contributed by atoms with Crippen LogP contribution in [0.3, 0.4) is 0 Å². The van der Waals surface area contributed by atoms with Crippen LogP contribution in [0, 0.1) is 11.6 Å². The average molecular weight is 294 g/mol. The zero-order valence-corrected chi connectivity index (χ0v) is 11.0. The summed E-state index contributed by atoms with van der Waals surface area (Å²) in [7, 11) is 1.41. The minimum Gasteiger partial charge on any atom is -0.493 e. The molecule has 0 aromatic heterocycles. The van der Waals surface area contributed by atoms with Gasteiger partial charge < -0.3 is 20.4 Å². The Hall–Kier alpha value is -2.83. The van der Waals surface area contributed by atoms with Crippen molar-refractivity contribution in [3.63, 3.8) is 0 Å². The van der Waals surface area contributed by atoms with Crippen LogP contribution in [0.1, 0.15) is 5.56 Å². The van der Waals surface area contributed by atoms with E-state index in [4.69, 9.17) is 20.4 Å². The fraction of sp³-hybridized carbons (Fsp3) is 0.0714. The summed E-state index contributed by atoms with van der Waals surface area (Å²) in [6, 6.07) is 8.25. The summed E-state index contributed by atoms with van der Waals surface area (Å²) in [4.78, 5) is 0. The normalized spacial score (nSPS) is 11.3. The third kappa shape index (κ3) is 3.02. The molecule has 3 N–H and O–H groups in total. The average Bonchev–Trinajstić information content (AvgIpc) is 2.50. The summed E-state index contributed by atoms with van der Waals surface area (Å²) < 4.78 is 38.1. The van der Waals surface area contributed by atoms with E-state index in [0.29, 0.717) is 5.75 Å². The molecular weight excluding hydrogens is 282 g/mol. The lowest BCUT2D eigenvalue weighted by Gasteiger charge is -2.12. The molecular formula is C14H12F2N2O3. The maximum atomic E-state index is 13.9. The molecule has 2 aromatic rings. The number of halogens is 2. The van der Waals surface area contributed by atoms with Crippen molar-refractivity contribution in [2.24, 2.45) is 10.9 Å². The first kappa shape index (κ1) is 14.6. The molecule has 0 aliphatic carbocycles. The van der Waals surface area contributed by atoms with Crippen LogP contribution < -0.4 is 15.2 Å². The number of oxime groups is 1. The number of rotatable bonds is 4. The van der Waals surface area contributed by atoms with Gasteiger partial charge in [0.15, 0.2) is 34.7 Å². The second kappa shape index (κ2) is 6.08. The number of nitrogens with two attached hydrogens (primary N) is 1. The predicted molar refractivity (Wildman–Crippen MR) is 71.9 cm³/mol. The lowest BCUT2D eigenvalue weighted by atomic mass is 10.2. The molecule has 0 saturated carbocycles. The Morgan fingerprint density at radius 2 is 1.71 bits per heavy atom. The minimum absolute atomic E-state index is 0.0973. The van der Waals surface area contributed by atoms with Gasteiger partial charge in [-0.05, 0) is 24.3 Å². The third-order valence-electron chi connectivity index (χ3n) is 2.68. The highest BCUT2D eigenvalue weighted by Gasteiger charge is 2.17. The van der Waals surface area contributed by atoms with Gasteiger partial charge in [-0.1, -0.05) is 17.3 Å². The van der Waals surface area contributed by atoms with Crippen molar-refractivity contribution in [3.8, 4) is 17.2 Å². The Morgan fingerprint density at radius 3 is 2.24 bits per heavy atom. The van der Waals surface area contributed by atoms with Crippen LogP contribution in [-0.4, -0.2) is 18.2 Å². The van der Waals surface area contributed by atoms with Crippen molar-refractivity contribution >= 4 is 5.84 Å². The summed E-state index contributed by atoms with van der Waals surface area (Å²) in [6.07, 6.45) is 0. The first-order valence-corrected chi connectivity index (χ1v) is 5.84. The van der Waals surface area contributed by atoms with Gasteiger partial charge in [-0.3, -0.25) is 0 Å². The van der Waals surface area contributed by atoms with Gasteiger partial charge in [0, 0.05) is 5.56 Å². The van der Waals surface area contributed by atoms with Crippen molar-refractivity contribution in [1.29, 1.82) is 0 Å². The summed E-state index contributed by atoms with van der Waals surface area (Å²) >= 11 is 0. The lowest BCUT2D eigenvalue weighted by molar-refractivity contribution is 0.318. The van der Waals surface area contributed by atoms with E-state index in [2.05, 4.69) is 5.16 Å². The Labute approximate surface area is 119 Å². The number of ether oxygens (including phenoxy) is 2. The summed E-state index contributed by atoms with van der Waals surface area (Å²) in [5.74, 6) is -2.48. The van der Waals surface area contributed by atoms with Gasteiger partial charge in [-0.15, -0.1) is 0 Å². The largest absolute Gasteiger partial charge is 0.493 e. The molecule has 2 rings (SSSR count). The number of benzene rings is 2. The molecule has 7 heteroatoms. The smallest absolute Gasteiger partial charge is 0.198 e.